The van der Waals surface area contributed by atoms with Gasteiger partial charge in [0.25, 0.3) is 11.8 Å². The summed E-state index contributed by atoms with van der Waals surface area (Å²) in [5.41, 5.74) is 6.26. The summed E-state index contributed by atoms with van der Waals surface area (Å²) in [6.45, 7) is 4.44. The van der Waals surface area contributed by atoms with Crippen LogP contribution in [0.4, 0.5) is 17.1 Å². The van der Waals surface area contributed by atoms with E-state index in [0.717, 1.165) is 34.9 Å². The lowest BCUT2D eigenvalue weighted by atomic mass is 9.50. The van der Waals surface area contributed by atoms with Crippen LogP contribution in [0.1, 0.15) is 41.4 Å². The number of fused-ring (bicyclic) bond motifs is 4. The molecule has 5 aliphatic rings. The molecule has 11 heteroatoms. The lowest BCUT2D eigenvalue weighted by Gasteiger charge is -2.49. The van der Waals surface area contributed by atoms with Gasteiger partial charge in [-0.15, -0.1) is 0 Å². The molecule has 3 aliphatic heterocycles. The first kappa shape index (κ1) is 33.3. The second kappa shape index (κ2) is 12.9. The number of morpholine rings is 1. The number of aliphatic hydroxyl groups is 1. The molecule has 11 nitrogen and oxygen atoms in total. The van der Waals surface area contributed by atoms with Crippen molar-refractivity contribution in [3.05, 3.63) is 125 Å². The highest BCUT2D eigenvalue weighted by atomic mass is 16.5. The second-order valence-corrected chi connectivity index (χ2v) is 14.7. The number of benzene rings is 3. The molecule has 2 aliphatic carbocycles. The minimum atomic E-state index is -1.43. The van der Waals surface area contributed by atoms with Gasteiger partial charge in [0, 0.05) is 18.8 Å². The Bertz CT molecular complexity index is 2120. The van der Waals surface area contributed by atoms with Gasteiger partial charge in [-0.1, -0.05) is 59.7 Å². The monoisotopic (exact) mass is 712 g/mol. The van der Waals surface area contributed by atoms with Gasteiger partial charge in [0.1, 0.15) is 23.5 Å². The highest BCUT2D eigenvalue weighted by Gasteiger charge is 2.71. The molecule has 3 aromatic carbocycles. The summed E-state index contributed by atoms with van der Waals surface area (Å²) in [7, 11) is 0. The maximum absolute atomic E-state index is 15.2. The number of anilines is 3. The van der Waals surface area contributed by atoms with E-state index in [1.807, 2.05) is 91.9 Å². The van der Waals surface area contributed by atoms with Crippen LogP contribution < -0.4 is 15.2 Å². The van der Waals surface area contributed by atoms with E-state index in [1.54, 1.807) is 12.1 Å². The summed E-state index contributed by atoms with van der Waals surface area (Å²) in [5.74, 6) is -4.21. The van der Waals surface area contributed by atoms with Crippen molar-refractivity contribution in [3.8, 4) is 0 Å². The van der Waals surface area contributed by atoms with Crippen molar-refractivity contribution in [3.63, 3.8) is 0 Å². The fourth-order valence-corrected chi connectivity index (χ4v) is 9.58. The Balaban J connectivity index is 1.14. The normalized spacial score (nSPS) is 28.2. The van der Waals surface area contributed by atoms with E-state index in [-0.39, 0.29) is 24.8 Å². The predicted molar refractivity (Wildman–Crippen MR) is 195 cm³/mol. The van der Waals surface area contributed by atoms with E-state index in [0.29, 0.717) is 48.1 Å². The van der Waals surface area contributed by atoms with Crippen molar-refractivity contribution in [2.45, 2.75) is 37.7 Å². The summed E-state index contributed by atoms with van der Waals surface area (Å²) < 4.78 is 11.8. The minimum Gasteiger partial charge on any atom is -0.463 e. The topological polar surface area (TPSA) is 133 Å². The lowest BCUT2D eigenvalue weighted by Crippen LogP contribution is -2.53. The third kappa shape index (κ3) is 5.08. The van der Waals surface area contributed by atoms with Gasteiger partial charge in [-0.2, -0.15) is 5.01 Å². The van der Waals surface area contributed by atoms with Crippen molar-refractivity contribution in [1.29, 1.82) is 0 Å². The van der Waals surface area contributed by atoms with Gasteiger partial charge < -0.3 is 19.2 Å². The Labute approximate surface area is 306 Å². The first-order valence-electron chi connectivity index (χ1n) is 18.3. The van der Waals surface area contributed by atoms with Crippen LogP contribution in [0.2, 0.25) is 0 Å². The molecule has 4 heterocycles. The molecule has 6 unspecified atom stereocenters. The zero-order valence-electron chi connectivity index (χ0n) is 29.3. The minimum absolute atomic E-state index is 0.186. The van der Waals surface area contributed by atoms with Crippen LogP contribution in [-0.2, 0) is 35.9 Å². The summed E-state index contributed by atoms with van der Waals surface area (Å²) in [6.07, 6.45) is 2.49. The van der Waals surface area contributed by atoms with E-state index in [2.05, 4.69) is 10.3 Å². The van der Waals surface area contributed by atoms with Gasteiger partial charge in [-0.3, -0.25) is 29.5 Å². The van der Waals surface area contributed by atoms with Crippen LogP contribution in [0.15, 0.2) is 107 Å². The van der Waals surface area contributed by atoms with Gasteiger partial charge in [0.2, 0.25) is 11.8 Å². The summed E-state index contributed by atoms with van der Waals surface area (Å²) in [4.78, 5) is 62.3. The predicted octanol–water partition coefficient (Wildman–Crippen LogP) is 5.11. The summed E-state index contributed by atoms with van der Waals surface area (Å²) in [6, 6.07) is 27.7. The first-order valence-corrected chi connectivity index (χ1v) is 18.3. The number of carbonyl (C=O) groups is 4. The van der Waals surface area contributed by atoms with Crippen LogP contribution in [-0.4, -0.2) is 60.0 Å². The molecule has 6 atom stereocenters. The third-order valence-electron chi connectivity index (χ3n) is 12.0. The maximum Gasteiger partial charge on any atom is 0.260 e. The molecular weight excluding hydrogens is 672 g/mol. The Kier molecular flexibility index (Phi) is 8.08. The molecule has 9 rings (SSSR count). The Morgan fingerprint density at radius 2 is 1.53 bits per heavy atom. The van der Waals surface area contributed by atoms with Crippen LogP contribution in [0.25, 0.3) is 0 Å². The number of aryl methyl sites for hydroxylation is 1. The Morgan fingerprint density at radius 3 is 2.23 bits per heavy atom. The molecule has 2 N–H and O–H groups in total. The molecule has 4 fully saturated rings. The van der Waals surface area contributed by atoms with Crippen molar-refractivity contribution in [2.24, 2.45) is 23.7 Å². The molecule has 3 saturated heterocycles. The highest BCUT2D eigenvalue weighted by molar-refractivity contribution is 6.22. The zero-order valence-corrected chi connectivity index (χ0v) is 29.3. The van der Waals surface area contributed by atoms with Crippen molar-refractivity contribution in [1.82, 2.24) is 5.01 Å². The number of nitrogens with one attached hydrogen (secondary N) is 1. The number of aliphatic hydroxyl groups excluding tert-OH is 1. The number of allylic oxidation sites excluding steroid dienone is 2. The second-order valence-electron chi connectivity index (χ2n) is 14.7. The standard InChI is InChI=1S/C42H40N4O7/c1-25-7-9-27(10-8-25)43-46-39(49)34-23-33-31(37(35-18-15-30(24-47)53-35)42(34,41(46)51)26-5-3-2-4-6-26)16-17-32-36(33)40(50)45(38(32)48)29-13-11-28(12-14-29)44-19-21-52-22-20-44/h2-16,18,32-34,36-37,43,47H,17,19-24H2,1H3. The molecule has 1 saturated carbocycles. The van der Waals surface area contributed by atoms with Crippen LogP contribution >= 0.6 is 0 Å². The molecule has 0 spiro atoms. The SMILES string of the molecule is Cc1ccc(NN2C(=O)C3CC4C(=CCC5C(=O)N(c6ccc(N7CCOCC7)cc6)C(=O)C54)C(c4ccc(CO)o4)C3(c3ccccc3)C2=O)cc1. The van der Waals surface area contributed by atoms with Gasteiger partial charge in [0.05, 0.1) is 48.3 Å². The molecule has 0 bridgehead atoms. The van der Waals surface area contributed by atoms with Crippen molar-refractivity contribution < 1.29 is 33.4 Å². The molecule has 270 valence electrons. The number of imide groups is 2. The Hall–Kier alpha value is -5.52. The van der Waals surface area contributed by atoms with Crippen molar-refractivity contribution in [2.75, 3.05) is 41.5 Å². The maximum atomic E-state index is 15.2. The number of carbonyl (C=O) groups excluding carboxylic acids is 4. The number of rotatable bonds is 7. The van der Waals surface area contributed by atoms with Crippen LogP contribution in [0.5, 0.6) is 0 Å². The van der Waals surface area contributed by atoms with E-state index in [4.69, 9.17) is 9.15 Å². The fraction of sp³-hybridized carbons (Fsp3) is 0.333. The van der Waals surface area contributed by atoms with Gasteiger partial charge in [0.15, 0.2) is 0 Å². The average molecular weight is 713 g/mol. The van der Waals surface area contributed by atoms with Gasteiger partial charge in [-0.05, 0) is 79.8 Å². The molecule has 53 heavy (non-hydrogen) atoms. The number of amides is 4. The number of furan rings is 1. The molecule has 4 aromatic rings. The largest absolute Gasteiger partial charge is 0.463 e. The molecule has 1 aromatic heterocycles. The molecule has 0 radical (unpaired) electrons. The summed E-state index contributed by atoms with van der Waals surface area (Å²) >= 11 is 0. The van der Waals surface area contributed by atoms with Crippen molar-refractivity contribution >= 4 is 40.7 Å². The Morgan fingerprint density at radius 1 is 0.811 bits per heavy atom. The fourth-order valence-electron chi connectivity index (χ4n) is 9.58. The third-order valence-corrected chi connectivity index (χ3v) is 12.0. The van der Waals surface area contributed by atoms with Crippen LogP contribution in [0.3, 0.4) is 0 Å². The highest BCUT2D eigenvalue weighted by Crippen LogP contribution is 2.64. The number of ether oxygens (including phenoxy) is 1. The van der Waals surface area contributed by atoms with Gasteiger partial charge in [-0.25, -0.2) is 0 Å². The number of hydrogen-bond acceptors (Lipinski definition) is 9. The quantitative estimate of drug-likeness (QED) is 0.198. The van der Waals surface area contributed by atoms with Gasteiger partial charge >= 0.3 is 0 Å². The van der Waals surface area contributed by atoms with E-state index in [9.17, 15) is 19.5 Å². The number of hydrogen-bond donors (Lipinski definition) is 2. The first-order chi connectivity index (χ1) is 25.8. The number of nitrogens with zero attached hydrogens (tertiary/aromatic N) is 3. The molecular formula is C42H40N4O7. The van der Waals surface area contributed by atoms with E-state index in [1.165, 1.54) is 4.90 Å². The van der Waals surface area contributed by atoms with E-state index >= 15 is 4.79 Å². The molecule has 4 amide bonds. The smallest absolute Gasteiger partial charge is 0.260 e. The number of hydrazine groups is 1. The summed E-state index contributed by atoms with van der Waals surface area (Å²) in [5, 5.41) is 11.2. The van der Waals surface area contributed by atoms with Crippen LogP contribution in [0, 0.1) is 30.6 Å². The van der Waals surface area contributed by atoms with E-state index < -0.39 is 46.8 Å². The average Bonchev–Trinajstić information content (AvgIpc) is 3.84. The lowest BCUT2D eigenvalue weighted by molar-refractivity contribution is -0.138. The zero-order chi connectivity index (χ0) is 36.4.